The van der Waals surface area contributed by atoms with Gasteiger partial charge in [0.2, 0.25) is 16.9 Å². The molecule has 0 aliphatic carbocycles. The maximum absolute atomic E-state index is 12.3. The number of nitrogens with zero attached hydrogens (tertiary/aromatic N) is 4. The van der Waals surface area contributed by atoms with Crippen molar-refractivity contribution in [3.8, 4) is 10.6 Å². The third-order valence-corrected chi connectivity index (χ3v) is 5.46. The highest BCUT2D eigenvalue weighted by atomic mass is 32.1. The molecule has 3 heterocycles. The smallest absolute Gasteiger partial charge is 0.227 e. The van der Waals surface area contributed by atoms with Crippen molar-refractivity contribution in [1.29, 1.82) is 0 Å². The Balaban J connectivity index is 1.31. The van der Waals surface area contributed by atoms with Gasteiger partial charge in [-0.15, -0.1) is 10.2 Å². The molecule has 1 aromatic carbocycles. The van der Waals surface area contributed by atoms with E-state index in [0.717, 1.165) is 22.7 Å². The first kappa shape index (κ1) is 18.2. The van der Waals surface area contributed by atoms with Gasteiger partial charge in [-0.3, -0.25) is 14.6 Å². The summed E-state index contributed by atoms with van der Waals surface area (Å²) in [5, 5.41) is 12.1. The molecule has 1 N–H and O–H groups in total. The van der Waals surface area contributed by atoms with E-state index in [1.165, 1.54) is 16.9 Å². The van der Waals surface area contributed by atoms with E-state index in [1.54, 1.807) is 17.3 Å². The molecule has 1 aliphatic rings. The Labute approximate surface area is 166 Å². The number of para-hydroxylation sites is 1. The van der Waals surface area contributed by atoms with Crippen molar-refractivity contribution in [3.63, 3.8) is 0 Å². The summed E-state index contributed by atoms with van der Waals surface area (Å²) >= 11 is 1.32. The number of hydrogen-bond acceptors (Lipinski definition) is 6. The average Bonchev–Trinajstić information content (AvgIpc) is 3.19. The number of nitrogens with one attached hydrogen (secondary N) is 1. The highest BCUT2D eigenvalue weighted by molar-refractivity contribution is 7.18. The molecule has 2 amide bonds. The number of anilines is 2. The van der Waals surface area contributed by atoms with E-state index < -0.39 is 0 Å². The molecule has 1 aliphatic heterocycles. The summed E-state index contributed by atoms with van der Waals surface area (Å²) in [4.78, 5) is 30.3. The summed E-state index contributed by atoms with van der Waals surface area (Å²) in [6, 6.07) is 11.6. The van der Waals surface area contributed by atoms with Gasteiger partial charge in [-0.25, -0.2) is 0 Å². The van der Waals surface area contributed by atoms with Gasteiger partial charge in [0, 0.05) is 43.0 Å². The van der Waals surface area contributed by atoms with Crippen molar-refractivity contribution in [1.82, 2.24) is 15.2 Å². The molecule has 28 heavy (non-hydrogen) atoms. The van der Waals surface area contributed by atoms with Crippen LogP contribution in [0, 0.1) is 0 Å². The molecule has 8 heteroatoms. The number of amides is 2. The van der Waals surface area contributed by atoms with Crippen LogP contribution in [-0.2, 0) is 16.0 Å². The molecular weight excluding hydrogens is 374 g/mol. The Hall–Kier alpha value is -3.13. The van der Waals surface area contributed by atoms with Gasteiger partial charge in [0.25, 0.3) is 0 Å². The lowest BCUT2D eigenvalue weighted by molar-refractivity contribution is -0.119. The number of hydrogen-bond donors (Lipinski definition) is 1. The van der Waals surface area contributed by atoms with E-state index in [1.807, 2.05) is 30.3 Å². The Bertz CT molecular complexity index is 989. The fourth-order valence-electron chi connectivity index (χ4n) is 3.21. The number of carbonyl (C=O) groups is 2. The van der Waals surface area contributed by atoms with E-state index in [4.69, 9.17) is 0 Å². The molecule has 0 atom stereocenters. The quantitative estimate of drug-likeness (QED) is 0.694. The minimum Gasteiger partial charge on any atom is -0.312 e. The number of rotatable bonds is 6. The zero-order valence-corrected chi connectivity index (χ0v) is 16.0. The fraction of sp³-hybridized carbons (Fsp3) is 0.250. The molecule has 3 aromatic rings. The standard InChI is InChI=1S/C20H19N5O2S/c26-17(22-20-24-23-19(28-20)15-9-11-21-12-10-15)6-3-13-25-16-5-2-1-4-14(16)7-8-18(25)27/h1-2,4-5,9-12H,3,6-8,13H2,(H,22,24,26). The Morgan fingerprint density at radius 2 is 1.93 bits per heavy atom. The van der Waals surface area contributed by atoms with Crippen molar-refractivity contribution in [3.05, 3.63) is 54.4 Å². The molecule has 0 saturated heterocycles. The normalized spacial score (nSPS) is 13.3. The second kappa shape index (κ2) is 8.26. The van der Waals surface area contributed by atoms with Gasteiger partial charge in [-0.05, 0) is 36.6 Å². The zero-order chi connectivity index (χ0) is 19.3. The predicted molar refractivity (Wildman–Crippen MR) is 108 cm³/mol. The van der Waals surface area contributed by atoms with Gasteiger partial charge in [-0.1, -0.05) is 29.5 Å². The van der Waals surface area contributed by atoms with Crippen molar-refractivity contribution in [2.24, 2.45) is 0 Å². The molecule has 0 saturated carbocycles. The minimum atomic E-state index is -0.129. The number of benzene rings is 1. The molecule has 2 aromatic heterocycles. The third-order valence-electron chi connectivity index (χ3n) is 4.58. The molecule has 4 rings (SSSR count). The van der Waals surface area contributed by atoms with Gasteiger partial charge in [-0.2, -0.15) is 0 Å². The van der Waals surface area contributed by atoms with Crippen LogP contribution < -0.4 is 10.2 Å². The number of pyridine rings is 1. The predicted octanol–water partition coefficient (Wildman–Crippen LogP) is 3.30. The van der Waals surface area contributed by atoms with Crippen LogP contribution >= 0.6 is 11.3 Å². The molecule has 0 spiro atoms. The molecule has 0 fully saturated rings. The first-order valence-corrected chi connectivity index (χ1v) is 9.94. The van der Waals surface area contributed by atoms with E-state index in [0.29, 0.717) is 30.9 Å². The summed E-state index contributed by atoms with van der Waals surface area (Å²) in [6.07, 6.45) is 5.58. The van der Waals surface area contributed by atoms with Crippen LogP contribution in [0.3, 0.4) is 0 Å². The molecular formula is C20H19N5O2S. The summed E-state index contributed by atoms with van der Waals surface area (Å²) in [5.41, 5.74) is 3.06. The van der Waals surface area contributed by atoms with Crippen LogP contribution in [0.2, 0.25) is 0 Å². The fourth-order valence-corrected chi connectivity index (χ4v) is 3.97. The first-order chi connectivity index (χ1) is 13.7. The van der Waals surface area contributed by atoms with E-state index in [-0.39, 0.29) is 11.8 Å². The summed E-state index contributed by atoms with van der Waals surface area (Å²) in [7, 11) is 0. The van der Waals surface area contributed by atoms with Crippen LogP contribution in [0.4, 0.5) is 10.8 Å². The molecule has 0 bridgehead atoms. The SMILES string of the molecule is O=C(CCCN1C(=O)CCc2ccccc21)Nc1nnc(-c2ccncc2)s1. The number of aromatic nitrogens is 3. The lowest BCUT2D eigenvalue weighted by Gasteiger charge is -2.29. The summed E-state index contributed by atoms with van der Waals surface area (Å²) in [6.45, 7) is 0.529. The van der Waals surface area contributed by atoms with Gasteiger partial charge < -0.3 is 10.2 Å². The van der Waals surface area contributed by atoms with Crippen LogP contribution in [0.25, 0.3) is 10.6 Å². The average molecular weight is 393 g/mol. The Morgan fingerprint density at radius 1 is 1.11 bits per heavy atom. The second-order valence-electron chi connectivity index (χ2n) is 6.47. The summed E-state index contributed by atoms with van der Waals surface area (Å²) in [5.74, 6) is -0.0135. The van der Waals surface area contributed by atoms with Crippen LogP contribution in [0.1, 0.15) is 24.8 Å². The van der Waals surface area contributed by atoms with Crippen molar-refractivity contribution < 1.29 is 9.59 Å². The first-order valence-electron chi connectivity index (χ1n) is 9.13. The van der Waals surface area contributed by atoms with Gasteiger partial charge >= 0.3 is 0 Å². The maximum atomic E-state index is 12.3. The largest absolute Gasteiger partial charge is 0.312 e. The van der Waals surface area contributed by atoms with E-state index in [9.17, 15) is 9.59 Å². The van der Waals surface area contributed by atoms with Crippen LogP contribution in [0.5, 0.6) is 0 Å². The lowest BCUT2D eigenvalue weighted by Crippen LogP contribution is -2.36. The van der Waals surface area contributed by atoms with Crippen molar-refractivity contribution in [2.45, 2.75) is 25.7 Å². The number of aryl methyl sites for hydroxylation is 1. The number of fused-ring (bicyclic) bond motifs is 1. The number of carbonyl (C=O) groups excluding carboxylic acids is 2. The highest BCUT2D eigenvalue weighted by Gasteiger charge is 2.23. The van der Waals surface area contributed by atoms with Gasteiger partial charge in [0.15, 0.2) is 0 Å². The molecule has 7 nitrogen and oxygen atoms in total. The topological polar surface area (TPSA) is 88.1 Å². The molecule has 0 unspecified atom stereocenters. The van der Waals surface area contributed by atoms with E-state index >= 15 is 0 Å². The van der Waals surface area contributed by atoms with Gasteiger partial charge in [0.1, 0.15) is 5.01 Å². The third kappa shape index (κ3) is 4.07. The monoisotopic (exact) mass is 393 g/mol. The highest BCUT2D eigenvalue weighted by Crippen LogP contribution is 2.28. The van der Waals surface area contributed by atoms with Crippen molar-refractivity contribution >= 4 is 34.0 Å². The molecule has 142 valence electrons. The Morgan fingerprint density at radius 3 is 2.79 bits per heavy atom. The van der Waals surface area contributed by atoms with Crippen LogP contribution in [-0.4, -0.2) is 33.5 Å². The van der Waals surface area contributed by atoms with Crippen LogP contribution in [0.15, 0.2) is 48.8 Å². The summed E-state index contributed by atoms with van der Waals surface area (Å²) < 4.78 is 0. The van der Waals surface area contributed by atoms with E-state index in [2.05, 4.69) is 26.6 Å². The lowest BCUT2D eigenvalue weighted by atomic mass is 10.0. The van der Waals surface area contributed by atoms with Gasteiger partial charge in [0.05, 0.1) is 0 Å². The second-order valence-corrected chi connectivity index (χ2v) is 7.45. The minimum absolute atomic E-state index is 0.116. The van der Waals surface area contributed by atoms with Crippen molar-refractivity contribution in [2.75, 3.05) is 16.8 Å². The Kier molecular flexibility index (Phi) is 5.38. The molecule has 0 radical (unpaired) electrons. The zero-order valence-electron chi connectivity index (χ0n) is 15.2. The maximum Gasteiger partial charge on any atom is 0.227 e.